The Morgan fingerprint density at radius 1 is 1.32 bits per heavy atom. The SMILES string of the molecule is COc1ccc(CN(C2CC2)[C@H](C)C(=O)NCCc2cccs2)cc1. The Labute approximate surface area is 153 Å². The molecule has 0 radical (unpaired) electrons. The van der Waals surface area contributed by atoms with E-state index in [1.54, 1.807) is 18.4 Å². The monoisotopic (exact) mass is 358 g/mol. The summed E-state index contributed by atoms with van der Waals surface area (Å²) in [5.41, 5.74) is 1.21. The third-order valence-electron chi connectivity index (χ3n) is 4.67. The van der Waals surface area contributed by atoms with Crippen LogP contribution in [0.3, 0.4) is 0 Å². The summed E-state index contributed by atoms with van der Waals surface area (Å²) in [5, 5.41) is 5.17. The first kappa shape index (κ1) is 18.0. The lowest BCUT2D eigenvalue weighted by Gasteiger charge is -2.28. The zero-order valence-electron chi connectivity index (χ0n) is 14.9. The van der Waals surface area contributed by atoms with Crippen LogP contribution in [0.15, 0.2) is 41.8 Å². The predicted octanol–water partition coefficient (Wildman–Crippen LogP) is 3.47. The van der Waals surface area contributed by atoms with Crippen molar-refractivity contribution < 1.29 is 9.53 Å². The molecular formula is C20H26N2O2S. The molecule has 1 heterocycles. The molecule has 1 saturated carbocycles. The van der Waals surface area contributed by atoms with Crippen LogP contribution in [-0.4, -0.2) is 36.5 Å². The lowest BCUT2D eigenvalue weighted by molar-refractivity contribution is -0.126. The first-order valence-corrected chi connectivity index (χ1v) is 9.74. The number of amides is 1. The Bertz CT molecular complexity index is 666. The molecule has 0 saturated heterocycles. The molecule has 0 bridgehead atoms. The van der Waals surface area contributed by atoms with Gasteiger partial charge < -0.3 is 10.1 Å². The molecule has 1 aromatic carbocycles. The third-order valence-corrected chi connectivity index (χ3v) is 5.60. The molecule has 25 heavy (non-hydrogen) atoms. The van der Waals surface area contributed by atoms with Crippen molar-refractivity contribution >= 4 is 17.2 Å². The van der Waals surface area contributed by atoms with Gasteiger partial charge in [0.15, 0.2) is 0 Å². The van der Waals surface area contributed by atoms with Crippen LogP contribution in [0, 0.1) is 0 Å². The molecule has 3 rings (SSSR count). The summed E-state index contributed by atoms with van der Waals surface area (Å²) in [6.45, 7) is 3.52. The number of benzene rings is 1. The average molecular weight is 359 g/mol. The molecule has 134 valence electrons. The summed E-state index contributed by atoms with van der Waals surface area (Å²) in [7, 11) is 1.67. The lowest BCUT2D eigenvalue weighted by Crippen LogP contribution is -2.46. The van der Waals surface area contributed by atoms with E-state index in [-0.39, 0.29) is 11.9 Å². The van der Waals surface area contributed by atoms with Gasteiger partial charge in [-0.15, -0.1) is 11.3 Å². The van der Waals surface area contributed by atoms with Crippen LogP contribution in [0.4, 0.5) is 0 Å². The smallest absolute Gasteiger partial charge is 0.237 e. The van der Waals surface area contributed by atoms with Crippen molar-refractivity contribution in [1.82, 2.24) is 10.2 Å². The molecule has 0 aliphatic heterocycles. The molecular weight excluding hydrogens is 332 g/mol. The van der Waals surface area contributed by atoms with Gasteiger partial charge in [-0.2, -0.15) is 0 Å². The van der Waals surface area contributed by atoms with Gasteiger partial charge >= 0.3 is 0 Å². The molecule has 1 aliphatic rings. The maximum absolute atomic E-state index is 12.6. The highest BCUT2D eigenvalue weighted by Crippen LogP contribution is 2.30. The van der Waals surface area contributed by atoms with Crippen molar-refractivity contribution in [2.75, 3.05) is 13.7 Å². The Kier molecular flexibility index (Phi) is 6.10. The van der Waals surface area contributed by atoms with Gasteiger partial charge in [0.2, 0.25) is 5.91 Å². The Morgan fingerprint density at radius 3 is 2.68 bits per heavy atom. The number of carbonyl (C=O) groups is 1. The summed E-state index contributed by atoms with van der Waals surface area (Å²) in [6, 6.07) is 12.7. The molecule has 5 heteroatoms. The van der Waals surface area contributed by atoms with Gasteiger partial charge in [-0.05, 0) is 55.3 Å². The molecule has 2 aromatic rings. The standard InChI is InChI=1S/C20H26N2O2S/c1-15(20(23)21-12-11-19-4-3-13-25-19)22(17-7-8-17)14-16-5-9-18(24-2)10-6-16/h3-6,9-10,13,15,17H,7-8,11-12,14H2,1-2H3,(H,21,23)/t15-/m1/s1. The first-order chi connectivity index (χ1) is 12.2. The lowest BCUT2D eigenvalue weighted by atomic mass is 10.1. The van der Waals surface area contributed by atoms with Gasteiger partial charge in [-0.3, -0.25) is 9.69 Å². The van der Waals surface area contributed by atoms with Crippen LogP contribution in [0.1, 0.15) is 30.2 Å². The average Bonchev–Trinajstić information content (AvgIpc) is 3.35. The van der Waals surface area contributed by atoms with Gasteiger partial charge in [0.1, 0.15) is 5.75 Å². The fourth-order valence-electron chi connectivity index (χ4n) is 2.99. The quantitative estimate of drug-likeness (QED) is 0.746. The third kappa shape index (κ3) is 5.06. The van der Waals surface area contributed by atoms with Crippen molar-refractivity contribution in [1.29, 1.82) is 0 Å². The minimum Gasteiger partial charge on any atom is -0.497 e. The van der Waals surface area contributed by atoms with Gasteiger partial charge in [-0.1, -0.05) is 18.2 Å². The van der Waals surface area contributed by atoms with Crippen molar-refractivity contribution in [3.05, 3.63) is 52.2 Å². The minimum atomic E-state index is -0.113. The van der Waals surface area contributed by atoms with Crippen LogP contribution in [0.5, 0.6) is 5.75 Å². The summed E-state index contributed by atoms with van der Waals surface area (Å²) in [6.07, 6.45) is 3.27. The van der Waals surface area contributed by atoms with E-state index in [2.05, 4.69) is 33.8 Å². The van der Waals surface area contributed by atoms with Crippen molar-refractivity contribution in [3.63, 3.8) is 0 Å². The number of thiophene rings is 1. The van der Waals surface area contributed by atoms with Gasteiger partial charge in [-0.25, -0.2) is 0 Å². The number of carbonyl (C=O) groups excluding carboxylic acids is 1. The highest BCUT2D eigenvalue weighted by atomic mass is 32.1. The zero-order chi connectivity index (χ0) is 17.6. The fraction of sp³-hybridized carbons (Fsp3) is 0.450. The van der Waals surface area contributed by atoms with E-state index in [0.717, 1.165) is 18.7 Å². The second-order valence-electron chi connectivity index (χ2n) is 6.55. The summed E-state index contributed by atoms with van der Waals surface area (Å²) >= 11 is 1.74. The summed E-state index contributed by atoms with van der Waals surface area (Å²) in [4.78, 5) is 16.2. The molecule has 1 atom stereocenters. The summed E-state index contributed by atoms with van der Waals surface area (Å²) in [5.74, 6) is 0.984. The maximum atomic E-state index is 12.6. The molecule has 0 unspecified atom stereocenters. The molecule has 1 N–H and O–H groups in total. The van der Waals surface area contributed by atoms with Crippen molar-refractivity contribution in [3.8, 4) is 5.75 Å². The van der Waals surface area contributed by atoms with E-state index in [9.17, 15) is 4.79 Å². The van der Waals surface area contributed by atoms with Crippen LogP contribution in [-0.2, 0) is 17.8 Å². The number of nitrogens with one attached hydrogen (secondary N) is 1. The van der Waals surface area contributed by atoms with Gasteiger partial charge in [0.25, 0.3) is 0 Å². The minimum absolute atomic E-state index is 0.113. The number of nitrogens with zero attached hydrogens (tertiary/aromatic N) is 1. The molecule has 0 spiro atoms. The molecule has 4 nitrogen and oxygen atoms in total. The van der Waals surface area contributed by atoms with E-state index in [0.29, 0.717) is 12.6 Å². The normalized spacial score (nSPS) is 15.2. The van der Waals surface area contributed by atoms with Gasteiger partial charge in [0.05, 0.1) is 13.2 Å². The van der Waals surface area contributed by atoms with E-state index in [1.807, 2.05) is 25.1 Å². The number of hydrogen-bond acceptors (Lipinski definition) is 4. The Morgan fingerprint density at radius 2 is 2.08 bits per heavy atom. The predicted molar refractivity (Wildman–Crippen MR) is 102 cm³/mol. The number of rotatable bonds is 9. The molecule has 1 aromatic heterocycles. The molecule has 1 aliphatic carbocycles. The number of ether oxygens (including phenoxy) is 1. The number of methoxy groups -OCH3 is 1. The van der Waals surface area contributed by atoms with Crippen molar-refractivity contribution in [2.45, 2.75) is 44.8 Å². The first-order valence-electron chi connectivity index (χ1n) is 8.86. The fourth-order valence-corrected chi connectivity index (χ4v) is 3.70. The van der Waals surface area contributed by atoms with E-state index >= 15 is 0 Å². The molecule has 1 amide bonds. The second kappa shape index (κ2) is 8.50. The van der Waals surface area contributed by atoms with Crippen LogP contribution in [0.25, 0.3) is 0 Å². The number of hydrogen-bond donors (Lipinski definition) is 1. The Balaban J connectivity index is 1.54. The van der Waals surface area contributed by atoms with E-state index < -0.39 is 0 Å². The summed E-state index contributed by atoms with van der Waals surface area (Å²) < 4.78 is 5.22. The van der Waals surface area contributed by atoms with Crippen LogP contribution < -0.4 is 10.1 Å². The molecule has 1 fully saturated rings. The topological polar surface area (TPSA) is 41.6 Å². The van der Waals surface area contributed by atoms with Crippen LogP contribution in [0.2, 0.25) is 0 Å². The van der Waals surface area contributed by atoms with E-state index in [1.165, 1.54) is 23.3 Å². The maximum Gasteiger partial charge on any atom is 0.237 e. The van der Waals surface area contributed by atoms with Gasteiger partial charge in [0, 0.05) is 24.0 Å². The van der Waals surface area contributed by atoms with Crippen LogP contribution >= 0.6 is 11.3 Å². The largest absolute Gasteiger partial charge is 0.497 e. The second-order valence-corrected chi connectivity index (χ2v) is 7.58. The van der Waals surface area contributed by atoms with Crippen molar-refractivity contribution in [2.24, 2.45) is 0 Å². The van der Waals surface area contributed by atoms with E-state index in [4.69, 9.17) is 4.74 Å². The highest BCUT2D eigenvalue weighted by molar-refractivity contribution is 7.09. The Hall–Kier alpha value is -1.85. The zero-order valence-corrected chi connectivity index (χ0v) is 15.7. The highest BCUT2D eigenvalue weighted by Gasteiger charge is 2.34.